The van der Waals surface area contributed by atoms with Crippen LogP contribution in [0.25, 0.3) is 5.69 Å². The summed E-state index contributed by atoms with van der Waals surface area (Å²) in [4.78, 5) is 12.5. The van der Waals surface area contributed by atoms with E-state index < -0.39 is 0 Å². The Labute approximate surface area is 186 Å². The van der Waals surface area contributed by atoms with Crippen LogP contribution in [0.1, 0.15) is 27.6 Å². The number of thioether (sulfide) groups is 1. The van der Waals surface area contributed by atoms with Crippen molar-refractivity contribution in [1.29, 1.82) is 0 Å². The van der Waals surface area contributed by atoms with Gasteiger partial charge in [0.05, 0.1) is 29.5 Å². The Bertz CT molecular complexity index is 1120. The average Bonchev–Trinajstić information content (AvgIpc) is 2.97. The molecule has 4 rings (SSSR count). The molecule has 1 aliphatic rings. The van der Waals surface area contributed by atoms with E-state index in [1.807, 2.05) is 61.0 Å². The Morgan fingerprint density at radius 2 is 2.00 bits per heavy atom. The zero-order valence-corrected chi connectivity index (χ0v) is 18.7. The van der Waals surface area contributed by atoms with Crippen LogP contribution < -0.4 is 14.8 Å². The normalized spacial score (nSPS) is 15.6. The van der Waals surface area contributed by atoms with Gasteiger partial charge >= 0.3 is 0 Å². The summed E-state index contributed by atoms with van der Waals surface area (Å²) in [5.41, 5.74) is 4.98. The first-order chi connectivity index (χ1) is 15.0. The van der Waals surface area contributed by atoms with Gasteiger partial charge in [0.15, 0.2) is 11.5 Å². The quantitative estimate of drug-likeness (QED) is 0.562. The number of fused-ring (bicyclic) bond motifs is 1. The van der Waals surface area contributed by atoms with Gasteiger partial charge in [0.25, 0.3) is 0 Å². The largest absolute Gasteiger partial charge is 0.493 e. The summed E-state index contributed by atoms with van der Waals surface area (Å²) in [6, 6.07) is 14.0. The highest BCUT2D eigenvalue weighted by molar-refractivity contribution is 8.00. The number of aryl methyl sites for hydroxylation is 2. The fourth-order valence-corrected chi connectivity index (χ4v) is 4.81. The van der Waals surface area contributed by atoms with E-state index in [2.05, 4.69) is 11.9 Å². The van der Waals surface area contributed by atoms with Crippen LogP contribution in [0.2, 0.25) is 0 Å². The first-order valence-corrected chi connectivity index (χ1v) is 11.1. The predicted molar refractivity (Wildman–Crippen MR) is 125 cm³/mol. The fourth-order valence-electron chi connectivity index (χ4n) is 3.63. The van der Waals surface area contributed by atoms with Gasteiger partial charge < -0.3 is 14.8 Å². The lowest BCUT2D eigenvalue weighted by Crippen LogP contribution is -2.15. The summed E-state index contributed by atoms with van der Waals surface area (Å²) in [6.07, 6.45) is 1.70. The molecule has 1 aromatic heterocycles. The molecule has 0 radical (unpaired) electrons. The SMILES string of the molecule is C=CCOc1ccc([C@H]2SCC(=O)Nc3c2c(C)nn3-c2ccc(C)cc2)cc1OC. The van der Waals surface area contributed by atoms with E-state index in [0.29, 0.717) is 29.7 Å². The van der Waals surface area contributed by atoms with E-state index in [-0.39, 0.29) is 11.2 Å². The number of carbonyl (C=O) groups excluding carboxylic acids is 1. The number of hydrogen-bond donors (Lipinski definition) is 1. The van der Waals surface area contributed by atoms with Gasteiger partial charge in [-0.1, -0.05) is 36.4 Å². The van der Waals surface area contributed by atoms with Crippen molar-refractivity contribution in [2.75, 3.05) is 24.8 Å². The Morgan fingerprint density at radius 3 is 2.71 bits per heavy atom. The van der Waals surface area contributed by atoms with Gasteiger partial charge in [-0.2, -0.15) is 5.10 Å². The summed E-state index contributed by atoms with van der Waals surface area (Å²) in [7, 11) is 1.62. The third-order valence-electron chi connectivity index (χ3n) is 5.13. The number of carbonyl (C=O) groups is 1. The molecular formula is C24H25N3O3S. The molecule has 3 aromatic rings. The molecular weight excluding hydrogens is 410 g/mol. The van der Waals surface area contributed by atoms with Gasteiger partial charge in [0, 0.05) is 5.56 Å². The smallest absolute Gasteiger partial charge is 0.235 e. The Kier molecular flexibility index (Phi) is 6.04. The van der Waals surface area contributed by atoms with E-state index >= 15 is 0 Å². The minimum Gasteiger partial charge on any atom is -0.493 e. The minimum absolute atomic E-state index is 0.0417. The number of ether oxygens (including phenoxy) is 2. The van der Waals surface area contributed by atoms with E-state index in [4.69, 9.17) is 14.6 Å². The van der Waals surface area contributed by atoms with E-state index in [1.165, 1.54) is 5.56 Å². The lowest BCUT2D eigenvalue weighted by Gasteiger charge is -2.18. The molecule has 0 spiro atoms. The number of hydrogen-bond acceptors (Lipinski definition) is 5. The first kappa shape index (κ1) is 21.1. The van der Waals surface area contributed by atoms with Crippen molar-refractivity contribution in [2.45, 2.75) is 19.1 Å². The van der Waals surface area contributed by atoms with E-state index in [1.54, 1.807) is 24.9 Å². The molecule has 6 nitrogen and oxygen atoms in total. The van der Waals surface area contributed by atoms with Crippen LogP contribution in [-0.2, 0) is 4.79 Å². The third-order valence-corrected chi connectivity index (χ3v) is 6.40. The Morgan fingerprint density at radius 1 is 1.23 bits per heavy atom. The second-order valence-corrected chi connectivity index (χ2v) is 8.44. The molecule has 0 unspecified atom stereocenters. The molecule has 160 valence electrons. The molecule has 1 amide bonds. The van der Waals surface area contributed by atoms with Crippen molar-refractivity contribution in [1.82, 2.24) is 9.78 Å². The summed E-state index contributed by atoms with van der Waals surface area (Å²) in [6.45, 7) is 8.11. The summed E-state index contributed by atoms with van der Waals surface area (Å²) >= 11 is 1.58. The zero-order chi connectivity index (χ0) is 22.0. The molecule has 0 fully saturated rings. The highest BCUT2D eigenvalue weighted by Gasteiger charge is 2.31. The Balaban J connectivity index is 1.80. The second kappa shape index (κ2) is 8.89. The standard InChI is InChI=1S/C24H25N3O3S/c1-5-12-30-19-11-8-17(13-20(19)29-4)23-22-16(3)26-27(18-9-6-15(2)7-10-18)24(22)25-21(28)14-31-23/h5-11,13,23H,1,12,14H2,2-4H3,(H,25,28)/t23-/m1/s1. The van der Waals surface area contributed by atoms with Crippen LogP contribution in [0.15, 0.2) is 55.1 Å². The van der Waals surface area contributed by atoms with Crippen molar-refractivity contribution in [2.24, 2.45) is 0 Å². The molecule has 0 saturated carbocycles. The van der Waals surface area contributed by atoms with Crippen LogP contribution in [-0.4, -0.2) is 35.2 Å². The monoisotopic (exact) mass is 435 g/mol. The topological polar surface area (TPSA) is 65.4 Å². The highest BCUT2D eigenvalue weighted by Crippen LogP contribution is 2.45. The number of rotatable bonds is 6. The number of amides is 1. The van der Waals surface area contributed by atoms with Gasteiger partial charge in [0.2, 0.25) is 5.91 Å². The predicted octanol–water partition coefficient (Wildman–Crippen LogP) is 4.84. The van der Waals surface area contributed by atoms with Gasteiger partial charge in [0.1, 0.15) is 12.4 Å². The average molecular weight is 436 g/mol. The molecule has 2 heterocycles. The number of benzene rings is 2. The maximum absolute atomic E-state index is 12.5. The van der Waals surface area contributed by atoms with Crippen molar-refractivity contribution in [3.63, 3.8) is 0 Å². The van der Waals surface area contributed by atoms with Crippen LogP contribution in [0.5, 0.6) is 11.5 Å². The lowest BCUT2D eigenvalue weighted by molar-refractivity contribution is -0.113. The van der Waals surface area contributed by atoms with Gasteiger partial charge in [-0.25, -0.2) is 4.68 Å². The summed E-state index contributed by atoms with van der Waals surface area (Å²) < 4.78 is 13.1. The maximum atomic E-state index is 12.5. The molecule has 0 saturated heterocycles. The summed E-state index contributed by atoms with van der Waals surface area (Å²) in [5.74, 6) is 2.33. The van der Waals surface area contributed by atoms with Gasteiger partial charge in [-0.3, -0.25) is 4.79 Å². The number of nitrogens with zero attached hydrogens (tertiary/aromatic N) is 2. The number of anilines is 1. The molecule has 31 heavy (non-hydrogen) atoms. The molecule has 0 bridgehead atoms. The van der Waals surface area contributed by atoms with Crippen LogP contribution >= 0.6 is 11.8 Å². The number of methoxy groups -OCH3 is 1. The first-order valence-electron chi connectivity index (χ1n) is 10.0. The molecule has 2 aromatic carbocycles. The third kappa shape index (κ3) is 4.18. The molecule has 1 N–H and O–H groups in total. The maximum Gasteiger partial charge on any atom is 0.235 e. The minimum atomic E-state index is -0.0736. The van der Waals surface area contributed by atoms with Gasteiger partial charge in [-0.15, -0.1) is 11.8 Å². The fraction of sp³-hybridized carbons (Fsp3) is 0.250. The molecule has 7 heteroatoms. The van der Waals surface area contributed by atoms with Crippen LogP contribution in [0.3, 0.4) is 0 Å². The second-order valence-electron chi connectivity index (χ2n) is 7.34. The van der Waals surface area contributed by atoms with Crippen molar-refractivity contribution >= 4 is 23.5 Å². The highest BCUT2D eigenvalue weighted by atomic mass is 32.2. The molecule has 1 aliphatic heterocycles. The molecule has 1 atom stereocenters. The Hall–Kier alpha value is -3.19. The zero-order valence-electron chi connectivity index (χ0n) is 17.8. The van der Waals surface area contributed by atoms with E-state index in [9.17, 15) is 4.79 Å². The van der Waals surface area contributed by atoms with Crippen LogP contribution in [0.4, 0.5) is 5.82 Å². The van der Waals surface area contributed by atoms with E-state index in [0.717, 1.165) is 22.5 Å². The molecule has 0 aliphatic carbocycles. The van der Waals surface area contributed by atoms with Crippen LogP contribution in [0, 0.1) is 13.8 Å². The van der Waals surface area contributed by atoms with Crippen molar-refractivity contribution in [3.8, 4) is 17.2 Å². The number of aromatic nitrogens is 2. The van der Waals surface area contributed by atoms with Crippen molar-refractivity contribution < 1.29 is 14.3 Å². The number of nitrogens with one attached hydrogen (secondary N) is 1. The van der Waals surface area contributed by atoms with Crippen molar-refractivity contribution in [3.05, 3.63) is 77.5 Å². The lowest BCUT2D eigenvalue weighted by atomic mass is 10.0. The summed E-state index contributed by atoms with van der Waals surface area (Å²) in [5, 5.41) is 7.76. The van der Waals surface area contributed by atoms with Gasteiger partial charge in [-0.05, 0) is 43.7 Å².